The minimum absolute atomic E-state index is 0.185. The molecule has 7 nitrogen and oxygen atoms in total. The number of hydrogen-bond donors (Lipinski definition) is 2. The van der Waals surface area contributed by atoms with Gasteiger partial charge in [-0.15, -0.1) is 0 Å². The molecule has 0 bridgehead atoms. The maximum Gasteiger partial charge on any atom is 0.232 e. The van der Waals surface area contributed by atoms with Crippen LogP contribution in [-0.2, 0) is 9.59 Å². The monoisotopic (exact) mass is 582 g/mol. The van der Waals surface area contributed by atoms with Gasteiger partial charge < -0.3 is 25.2 Å². The summed E-state index contributed by atoms with van der Waals surface area (Å²) in [7, 11) is 0. The second-order valence-corrected chi connectivity index (χ2v) is 11.2. The van der Waals surface area contributed by atoms with E-state index in [2.05, 4.69) is 6.92 Å². The molecule has 0 saturated heterocycles. The molecule has 2 aromatic carbocycles. The summed E-state index contributed by atoms with van der Waals surface area (Å²) in [6.45, 7) is 3.59. The van der Waals surface area contributed by atoms with Crippen LogP contribution in [0.2, 0.25) is 0 Å². The van der Waals surface area contributed by atoms with Crippen LogP contribution in [0.25, 0.3) is 0 Å². The van der Waals surface area contributed by atoms with Crippen molar-refractivity contribution in [1.29, 1.82) is 0 Å². The largest absolute Gasteiger partial charge is 0.508 e. The summed E-state index contributed by atoms with van der Waals surface area (Å²) in [6, 6.07) is 13.7. The Bertz CT molecular complexity index is 978. The van der Waals surface area contributed by atoms with Gasteiger partial charge in [-0.2, -0.15) is 0 Å². The Hall–Kier alpha value is -3.22. The highest BCUT2D eigenvalue weighted by molar-refractivity contribution is 5.96. The molecule has 234 valence electrons. The van der Waals surface area contributed by atoms with Crippen molar-refractivity contribution in [2.24, 2.45) is 5.73 Å². The lowest BCUT2D eigenvalue weighted by Crippen LogP contribution is -2.37. The van der Waals surface area contributed by atoms with Crippen LogP contribution < -0.4 is 15.2 Å². The van der Waals surface area contributed by atoms with Gasteiger partial charge in [0.25, 0.3) is 0 Å². The zero-order chi connectivity index (χ0) is 30.3. The van der Waals surface area contributed by atoms with Crippen molar-refractivity contribution in [3.63, 3.8) is 0 Å². The number of amides is 2. The number of carbonyl (C=O) groups is 2. The van der Waals surface area contributed by atoms with E-state index in [0.717, 1.165) is 12.8 Å². The fourth-order valence-corrected chi connectivity index (χ4v) is 5.00. The maximum absolute atomic E-state index is 12.6. The highest BCUT2D eigenvalue weighted by Gasteiger charge is 2.15. The van der Waals surface area contributed by atoms with Gasteiger partial charge in [-0.25, -0.2) is 0 Å². The molecule has 7 heteroatoms. The predicted molar refractivity (Wildman–Crippen MR) is 170 cm³/mol. The summed E-state index contributed by atoms with van der Waals surface area (Å²) in [6.07, 6.45) is 20.5. The van der Waals surface area contributed by atoms with Crippen LogP contribution in [0.15, 0.2) is 48.5 Å². The van der Waals surface area contributed by atoms with Crippen molar-refractivity contribution in [3.05, 3.63) is 48.5 Å². The van der Waals surface area contributed by atoms with E-state index in [-0.39, 0.29) is 18.1 Å². The Labute approximate surface area is 253 Å². The van der Waals surface area contributed by atoms with Crippen molar-refractivity contribution in [1.82, 2.24) is 4.90 Å². The second kappa shape index (κ2) is 22.4. The van der Waals surface area contributed by atoms with E-state index in [1.54, 1.807) is 53.4 Å². The van der Waals surface area contributed by atoms with Gasteiger partial charge in [-0.1, -0.05) is 103 Å². The Kier molecular flexibility index (Phi) is 18.6. The topological polar surface area (TPSA) is 102 Å². The molecule has 0 saturated carbocycles. The Morgan fingerprint density at radius 3 is 1.55 bits per heavy atom. The molecule has 0 fully saturated rings. The molecule has 0 atom stereocenters. The van der Waals surface area contributed by atoms with E-state index in [0.29, 0.717) is 36.9 Å². The summed E-state index contributed by atoms with van der Waals surface area (Å²) in [5.41, 5.74) is 5.28. The van der Waals surface area contributed by atoms with Crippen LogP contribution in [0.1, 0.15) is 116 Å². The Morgan fingerprint density at radius 2 is 1.07 bits per heavy atom. The SMILES string of the molecule is CCCCCCCCCCCCCCCCCCN(CCOc1ccc(Oc2ccc(O)cc2)cc1)C(=O)CC(N)=O. The van der Waals surface area contributed by atoms with Crippen LogP contribution in [0.4, 0.5) is 0 Å². The molecule has 2 amide bonds. The Morgan fingerprint density at radius 1 is 0.643 bits per heavy atom. The number of rotatable bonds is 25. The number of primary amides is 1. The summed E-state index contributed by atoms with van der Waals surface area (Å²) in [5, 5.41) is 9.39. The van der Waals surface area contributed by atoms with E-state index in [4.69, 9.17) is 15.2 Å². The molecule has 0 aliphatic heterocycles. The number of benzene rings is 2. The first-order valence-electron chi connectivity index (χ1n) is 16.2. The molecule has 3 N–H and O–H groups in total. The third-order valence-electron chi connectivity index (χ3n) is 7.49. The van der Waals surface area contributed by atoms with Crippen molar-refractivity contribution in [2.45, 2.75) is 116 Å². The van der Waals surface area contributed by atoms with Gasteiger partial charge >= 0.3 is 0 Å². The molecule has 0 radical (unpaired) electrons. The average Bonchev–Trinajstić information content (AvgIpc) is 2.97. The minimum Gasteiger partial charge on any atom is -0.508 e. The summed E-state index contributed by atoms with van der Waals surface area (Å²) in [4.78, 5) is 25.6. The molecule has 0 aliphatic carbocycles. The van der Waals surface area contributed by atoms with Crippen LogP contribution in [-0.4, -0.2) is 41.5 Å². The van der Waals surface area contributed by atoms with Crippen LogP contribution in [0.5, 0.6) is 23.0 Å². The molecular weight excluding hydrogens is 528 g/mol. The van der Waals surface area contributed by atoms with Gasteiger partial charge in [-0.05, 0) is 55.0 Å². The number of hydrogen-bond acceptors (Lipinski definition) is 5. The lowest BCUT2D eigenvalue weighted by Gasteiger charge is -2.22. The predicted octanol–water partition coefficient (Wildman–Crippen LogP) is 8.53. The van der Waals surface area contributed by atoms with E-state index >= 15 is 0 Å². The van der Waals surface area contributed by atoms with Crippen LogP contribution >= 0.6 is 0 Å². The number of phenols is 1. The summed E-state index contributed by atoms with van der Waals surface area (Å²) >= 11 is 0. The molecule has 42 heavy (non-hydrogen) atoms. The lowest BCUT2D eigenvalue weighted by atomic mass is 10.0. The number of unbranched alkanes of at least 4 members (excludes halogenated alkanes) is 15. The molecule has 2 rings (SSSR count). The van der Waals surface area contributed by atoms with Crippen molar-refractivity contribution in [2.75, 3.05) is 19.7 Å². The van der Waals surface area contributed by atoms with Crippen molar-refractivity contribution in [3.8, 4) is 23.0 Å². The fraction of sp³-hybridized carbons (Fsp3) is 0.600. The molecule has 0 spiro atoms. The van der Waals surface area contributed by atoms with Gasteiger partial charge in [0, 0.05) is 6.54 Å². The van der Waals surface area contributed by atoms with E-state index < -0.39 is 5.91 Å². The molecule has 0 aliphatic rings. The zero-order valence-corrected chi connectivity index (χ0v) is 25.9. The summed E-state index contributed by atoms with van der Waals surface area (Å²) in [5.74, 6) is 1.27. The maximum atomic E-state index is 12.6. The summed E-state index contributed by atoms with van der Waals surface area (Å²) < 4.78 is 11.6. The minimum atomic E-state index is -0.609. The zero-order valence-electron chi connectivity index (χ0n) is 25.9. The number of carbonyl (C=O) groups excluding carboxylic acids is 2. The second-order valence-electron chi connectivity index (χ2n) is 11.2. The first-order valence-corrected chi connectivity index (χ1v) is 16.2. The van der Waals surface area contributed by atoms with Crippen LogP contribution in [0.3, 0.4) is 0 Å². The van der Waals surface area contributed by atoms with Gasteiger partial charge in [0.1, 0.15) is 36.0 Å². The highest BCUT2D eigenvalue weighted by Crippen LogP contribution is 2.25. The number of aromatic hydroxyl groups is 1. The smallest absolute Gasteiger partial charge is 0.232 e. The lowest BCUT2D eigenvalue weighted by molar-refractivity contribution is -0.135. The van der Waals surface area contributed by atoms with E-state index in [9.17, 15) is 14.7 Å². The first kappa shape index (κ1) is 35.0. The van der Waals surface area contributed by atoms with Crippen LogP contribution in [0, 0.1) is 0 Å². The molecule has 0 unspecified atom stereocenters. The van der Waals surface area contributed by atoms with Gasteiger partial charge in [0.2, 0.25) is 11.8 Å². The quantitative estimate of drug-likeness (QED) is 0.0902. The number of ether oxygens (including phenoxy) is 2. The van der Waals surface area contributed by atoms with E-state index in [1.165, 1.54) is 89.9 Å². The van der Waals surface area contributed by atoms with Gasteiger partial charge in [0.05, 0.1) is 6.54 Å². The third-order valence-corrected chi connectivity index (χ3v) is 7.49. The van der Waals surface area contributed by atoms with Gasteiger partial charge in [-0.3, -0.25) is 9.59 Å². The standard InChI is InChI=1S/C35H54N2O5/c1-2-3-4-5-6-7-8-9-10-11-12-13-14-15-16-17-26-37(35(40)29-34(36)39)27-28-41-31-22-24-33(25-23-31)42-32-20-18-30(38)19-21-32/h18-25,38H,2-17,26-29H2,1H3,(H2,36,39). The van der Waals surface area contributed by atoms with Crippen molar-refractivity contribution >= 4 is 11.8 Å². The van der Waals surface area contributed by atoms with E-state index in [1.807, 2.05) is 0 Å². The fourth-order valence-electron chi connectivity index (χ4n) is 5.00. The normalized spacial score (nSPS) is 10.9. The molecule has 0 heterocycles. The van der Waals surface area contributed by atoms with Gasteiger partial charge in [0.15, 0.2) is 0 Å². The number of phenolic OH excluding ortho intramolecular Hbond substituents is 1. The molecular formula is C35H54N2O5. The molecule has 0 aromatic heterocycles. The number of nitrogens with zero attached hydrogens (tertiary/aromatic N) is 1. The Balaban J connectivity index is 1.57. The molecule has 2 aromatic rings. The first-order chi connectivity index (χ1) is 20.5. The highest BCUT2D eigenvalue weighted by atomic mass is 16.5. The van der Waals surface area contributed by atoms with Crippen molar-refractivity contribution < 1.29 is 24.2 Å². The number of nitrogens with two attached hydrogens (primary N) is 1. The third kappa shape index (κ3) is 16.9. The average molecular weight is 583 g/mol.